The zero-order valence-electron chi connectivity index (χ0n) is 10.3. The third kappa shape index (κ3) is 2.69. The number of aromatic nitrogens is 1. The van der Waals surface area contributed by atoms with Crippen molar-refractivity contribution in [2.75, 3.05) is 13.7 Å². The van der Waals surface area contributed by atoms with E-state index in [1.807, 2.05) is 0 Å². The first-order valence-corrected chi connectivity index (χ1v) is 6.00. The second-order valence-electron chi connectivity index (χ2n) is 4.33. The highest BCUT2D eigenvalue weighted by molar-refractivity contribution is 5.94. The predicted molar refractivity (Wildman–Crippen MR) is 61.8 cm³/mol. The van der Waals surface area contributed by atoms with E-state index in [1.54, 1.807) is 0 Å². The van der Waals surface area contributed by atoms with E-state index in [9.17, 15) is 9.59 Å². The number of esters is 1. The van der Waals surface area contributed by atoms with Crippen LogP contribution < -0.4 is 0 Å². The molecule has 0 unspecified atom stereocenters. The monoisotopic (exact) mass is 252 g/mol. The summed E-state index contributed by atoms with van der Waals surface area (Å²) in [5, 5.41) is 3.62. The molecule has 18 heavy (non-hydrogen) atoms. The Morgan fingerprint density at radius 1 is 1.50 bits per heavy atom. The maximum absolute atomic E-state index is 12.2. The molecule has 0 radical (unpaired) electrons. The molecule has 0 aliphatic heterocycles. The van der Waals surface area contributed by atoms with Gasteiger partial charge in [-0.2, -0.15) is 0 Å². The lowest BCUT2D eigenvalue weighted by atomic mass is 10.2. The van der Waals surface area contributed by atoms with Crippen LogP contribution in [0.25, 0.3) is 0 Å². The Bertz CT molecular complexity index is 410. The molecule has 0 bridgehead atoms. The summed E-state index contributed by atoms with van der Waals surface area (Å²) in [6.45, 7) is -0.0349. The number of amides is 1. The zero-order valence-corrected chi connectivity index (χ0v) is 10.3. The normalized spacial score (nSPS) is 15.6. The first kappa shape index (κ1) is 12.6. The van der Waals surface area contributed by atoms with Crippen LogP contribution in [0.4, 0.5) is 0 Å². The van der Waals surface area contributed by atoms with Gasteiger partial charge >= 0.3 is 5.97 Å². The number of hydrogen-bond acceptors (Lipinski definition) is 5. The van der Waals surface area contributed by atoms with Gasteiger partial charge in [-0.1, -0.05) is 18.0 Å². The molecule has 1 heterocycles. The summed E-state index contributed by atoms with van der Waals surface area (Å²) in [4.78, 5) is 25.2. The van der Waals surface area contributed by atoms with Crippen LogP contribution in [0.3, 0.4) is 0 Å². The summed E-state index contributed by atoms with van der Waals surface area (Å²) in [6, 6.07) is 1.59. The molecule has 1 amide bonds. The number of nitrogens with zero attached hydrogens (tertiary/aromatic N) is 2. The molecule has 0 atom stereocenters. The maximum Gasteiger partial charge on any atom is 0.325 e. The van der Waals surface area contributed by atoms with Crippen molar-refractivity contribution in [1.82, 2.24) is 10.1 Å². The van der Waals surface area contributed by atoms with Crippen LogP contribution in [-0.2, 0) is 9.53 Å². The van der Waals surface area contributed by atoms with E-state index >= 15 is 0 Å². The molecular formula is C12H16N2O4. The van der Waals surface area contributed by atoms with Crippen LogP contribution in [0, 0.1) is 0 Å². The van der Waals surface area contributed by atoms with Crippen molar-refractivity contribution in [3.63, 3.8) is 0 Å². The van der Waals surface area contributed by atoms with Gasteiger partial charge in [-0.3, -0.25) is 9.59 Å². The summed E-state index contributed by atoms with van der Waals surface area (Å²) in [7, 11) is 1.32. The summed E-state index contributed by atoms with van der Waals surface area (Å²) in [5.41, 5.74) is 0.228. The smallest absolute Gasteiger partial charge is 0.325 e. The molecular weight excluding hydrogens is 236 g/mol. The van der Waals surface area contributed by atoms with Crippen molar-refractivity contribution >= 4 is 11.9 Å². The fraction of sp³-hybridized carbons (Fsp3) is 0.583. The Hall–Kier alpha value is -1.85. The molecule has 0 aromatic carbocycles. The molecule has 1 aliphatic carbocycles. The number of hydrogen-bond donors (Lipinski definition) is 0. The van der Waals surface area contributed by atoms with Crippen LogP contribution in [0.1, 0.15) is 36.2 Å². The molecule has 0 spiro atoms. The molecule has 0 saturated heterocycles. The van der Waals surface area contributed by atoms with Gasteiger partial charge in [0.15, 0.2) is 5.69 Å². The number of carbonyl (C=O) groups is 2. The number of rotatable bonds is 4. The Labute approximate surface area is 105 Å². The molecule has 6 nitrogen and oxygen atoms in total. The highest BCUT2D eigenvalue weighted by Crippen LogP contribution is 2.24. The van der Waals surface area contributed by atoms with Gasteiger partial charge in [0.05, 0.1) is 7.11 Å². The van der Waals surface area contributed by atoms with Gasteiger partial charge in [-0.25, -0.2) is 0 Å². The van der Waals surface area contributed by atoms with Crippen molar-refractivity contribution in [1.29, 1.82) is 0 Å². The summed E-state index contributed by atoms with van der Waals surface area (Å²) < 4.78 is 9.30. The molecule has 1 fully saturated rings. The van der Waals surface area contributed by atoms with E-state index in [0.717, 1.165) is 25.7 Å². The zero-order chi connectivity index (χ0) is 13.0. The van der Waals surface area contributed by atoms with Crippen molar-refractivity contribution in [3.8, 4) is 0 Å². The van der Waals surface area contributed by atoms with Crippen LogP contribution in [0.2, 0.25) is 0 Å². The van der Waals surface area contributed by atoms with Gasteiger partial charge in [-0.15, -0.1) is 0 Å². The topological polar surface area (TPSA) is 72.6 Å². The highest BCUT2D eigenvalue weighted by atomic mass is 16.5. The quantitative estimate of drug-likeness (QED) is 0.754. The second kappa shape index (κ2) is 5.66. The first-order chi connectivity index (χ1) is 8.72. The van der Waals surface area contributed by atoms with Gasteiger partial charge in [0, 0.05) is 12.1 Å². The molecule has 1 aromatic heterocycles. The van der Waals surface area contributed by atoms with E-state index in [2.05, 4.69) is 14.4 Å². The van der Waals surface area contributed by atoms with Gasteiger partial charge in [0.1, 0.15) is 12.8 Å². The lowest BCUT2D eigenvalue weighted by Gasteiger charge is -2.26. The highest BCUT2D eigenvalue weighted by Gasteiger charge is 2.30. The molecule has 6 heteroatoms. The first-order valence-electron chi connectivity index (χ1n) is 6.00. The van der Waals surface area contributed by atoms with E-state index in [0.29, 0.717) is 0 Å². The van der Waals surface area contributed by atoms with Gasteiger partial charge in [0.2, 0.25) is 0 Å². The third-order valence-electron chi connectivity index (χ3n) is 3.21. The molecule has 2 rings (SSSR count). The Morgan fingerprint density at radius 3 is 2.78 bits per heavy atom. The van der Waals surface area contributed by atoms with E-state index in [-0.39, 0.29) is 24.2 Å². The minimum Gasteiger partial charge on any atom is -0.468 e. The largest absolute Gasteiger partial charge is 0.468 e. The fourth-order valence-electron chi connectivity index (χ4n) is 2.26. The van der Waals surface area contributed by atoms with Crippen molar-refractivity contribution in [2.45, 2.75) is 31.7 Å². The van der Waals surface area contributed by atoms with Crippen LogP contribution in [0.5, 0.6) is 0 Å². The molecule has 98 valence electrons. The summed E-state index contributed by atoms with van der Waals surface area (Å²) in [5.74, 6) is -0.695. The molecule has 1 aliphatic rings. The van der Waals surface area contributed by atoms with Crippen molar-refractivity contribution in [3.05, 3.63) is 18.0 Å². The fourth-order valence-corrected chi connectivity index (χ4v) is 2.26. The van der Waals surface area contributed by atoms with E-state index in [1.165, 1.54) is 24.3 Å². The van der Waals surface area contributed by atoms with Crippen LogP contribution >= 0.6 is 0 Å². The van der Waals surface area contributed by atoms with Crippen LogP contribution in [-0.4, -0.2) is 41.6 Å². The summed E-state index contributed by atoms with van der Waals surface area (Å²) >= 11 is 0. The number of methoxy groups -OCH3 is 1. The van der Waals surface area contributed by atoms with Gasteiger partial charge in [0.25, 0.3) is 5.91 Å². The van der Waals surface area contributed by atoms with Crippen molar-refractivity contribution < 1.29 is 18.8 Å². The predicted octanol–water partition coefficient (Wildman–Crippen LogP) is 1.23. The van der Waals surface area contributed by atoms with Crippen LogP contribution in [0.15, 0.2) is 16.9 Å². The Kier molecular flexibility index (Phi) is 3.96. The minimum absolute atomic E-state index is 0.0349. The molecule has 1 saturated carbocycles. The minimum atomic E-state index is -0.418. The lowest BCUT2D eigenvalue weighted by molar-refractivity contribution is -0.141. The standard InChI is InChI=1S/C12H16N2O4/c1-17-11(15)8-14(9-4-2-3-5-9)12(16)10-6-7-18-13-10/h6-7,9H,2-5,8H2,1H3. The maximum atomic E-state index is 12.2. The van der Waals surface area contributed by atoms with Gasteiger partial charge < -0.3 is 14.2 Å². The Morgan fingerprint density at radius 2 is 2.22 bits per heavy atom. The van der Waals surface area contributed by atoms with Gasteiger partial charge in [-0.05, 0) is 12.8 Å². The number of ether oxygens (including phenoxy) is 1. The van der Waals surface area contributed by atoms with E-state index < -0.39 is 5.97 Å². The molecule has 1 aromatic rings. The third-order valence-corrected chi connectivity index (χ3v) is 3.21. The lowest BCUT2D eigenvalue weighted by Crippen LogP contribution is -2.42. The van der Waals surface area contributed by atoms with Crippen molar-refractivity contribution in [2.24, 2.45) is 0 Å². The average molecular weight is 252 g/mol. The Balaban J connectivity index is 2.13. The number of carbonyl (C=O) groups excluding carboxylic acids is 2. The summed E-state index contributed by atoms with van der Waals surface area (Å²) in [6.07, 6.45) is 5.34. The van der Waals surface area contributed by atoms with E-state index in [4.69, 9.17) is 0 Å². The SMILES string of the molecule is COC(=O)CN(C(=O)c1ccon1)C1CCCC1. The second-order valence-corrected chi connectivity index (χ2v) is 4.33. The average Bonchev–Trinajstić information content (AvgIpc) is 3.06. The molecule has 0 N–H and O–H groups in total.